The monoisotopic (exact) mass is 741 g/mol. The number of aliphatic hydroxyl groups excluding tert-OH is 7. The Balaban J connectivity index is 0.950. The summed E-state index contributed by atoms with van der Waals surface area (Å²) in [6.45, 7) is 1.63. The third-order valence-corrected chi connectivity index (χ3v) is 8.72. The van der Waals surface area contributed by atoms with Crippen LogP contribution in [0.4, 0.5) is 10.6 Å². The lowest BCUT2D eigenvalue weighted by Crippen LogP contribution is -2.64. The van der Waals surface area contributed by atoms with Gasteiger partial charge in [-0.3, -0.25) is 4.68 Å². The first kappa shape index (κ1) is 39.5. The Morgan fingerprint density at radius 3 is 2.44 bits per heavy atom. The van der Waals surface area contributed by atoms with Gasteiger partial charge in [0.05, 0.1) is 38.8 Å². The zero-order valence-electron chi connectivity index (χ0n) is 28.4. The second-order valence-electron chi connectivity index (χ2n) is 12.7. The molecule has 0 bridgehead atoms. The first-order valence-electron chi connectivity index (χ1n) is 17.0. The van der Waals surface area contributed by atoms with Crippen molar-refractivity contribution in [3.63, 3.8) is 0 Å². The zero-order chi connectivity index (χ0) is 37.4. The number of imidazole rings is 1. The number of amides is 1. The summed E-state index contributed by atoms with van der Waals surface area (Å²) >= 11 is 0. The molecule has 2 fully saturated rings. The molecule has 0 radical (unpaired) electrons. The van der Waals surface area contributed by atoms with Gasteiger partial charge in [-0.2, -0.15) is 0 Å². The minimum absolute atomic E-state index is 0.127. The number of rotatable bonds is 17. The highest BCUT2D eigenvalue weighted by atomic mass is 16.7. The van der Waals surface area contributed by atoms with Crippen LogP contribution in [-0.2, 0) is 43.3 Å². The van der Waals surface area contributed by atoms with E-state index in [9.17, 15) is 40.5 Å². The molecule has 1 amide bonds. The number of nitrogens with two attached hydrogens (primary N) is 1. The molecule has 0 saturated carbocycles. The quantitative estimate of drug-likeness (QED) is 0.0607. The fourth-order valence-corrected chi connectivity index (χ4v) is 5.88. The Kier molecular flexibility index (Phi) is 14.0. The van der Waals surface area contributed by atoms with E-state index in [1.165, 1.54) is 6.33 Å². The molecule has 11 atom stereocenters. The number of nitrogens with one attached hydrogen (secondary N) is 1. The molecule has 4 unspecified atom stereocenters. The molecule has 3 aromatic heterocycles. The molecule has 2 aliphatic rings. The summed E-state index contributed by atoms with van der Waals surface area (Å²) in [5, 5.41) is 81.7. The van der Waals surface area contributed by atoms with E-state index < -0.39 is 86.8 Å². The molecule has 5 heterocycles. The molecule has 22 nitrogen and oxygen atoms in total. The van der Waals surface area contributed by atoms with Gasteiger partial charge >= 0.3 is 6.09 Å². The van der Waals surface area contributed by atoms with E-state index in [0.29, 0.717) is 36.4 Å². The van der Waals surface area contributed by atoms with E-state index in [0.717, 1.165) is 19.3 Å². The van der Waals surface area contributed by atoms with Crippen molar-refractivity contribution < 1.29 is 64.2 Å². The number of anilines is 1. The van der Waals surface area contributed by atoms with Gasteiger partial charge in [0.2, 0.25) is 0 Å². The van der Waals surface area contributed by atoms with Gasteiger partial charge in [-0.05, 0) is 19.8 Å². The van der Waals surface area contributed by atoms with Crippen LogP contribution in [0.1, 0.15) is 38.3 Å². The maximum absolute atomic E-state index is 12.3. The van der Waals surface area contributed by atoms with Crippen LogP contribution < -0.4 is 11.1 Å². The van der Waals surface area contributed by atoms with Crippen LogP contribution in [0.3, 0.4) is 0 Å². The van der Waals surface area contributed by atoms with Gasteiger partial charge in [-0.1, -0.05) is 18.1 Å². The van der Waals surface area contributed by atoms with Gasteiger partial charge in [0, 0.05) is 13.2 Å². The maximum atomic E-state index is 12.3. The highest BCUT2D eigenvalue weighted by Crippen LogP contribution is 2.29. The molecular weight excluding hydrogens is 694 g/mol. The molecule has 5 rings (SSSR count). The Labute approximate surface area is 297 Å². The maximum Gasteiger partial charge on any atom is 0.407 e. The molecule has 52 heavy (non-hydrogen) atoms. The van der Waals surface area contributed by atoms with Gasteiger partial charge in [0.1, 0.15) is 72.5 Å². The van der Waals surface area contributed by atoms with Crippen LogP contribution in [-0.4, -0.2) is 164 Å². The second-order valence-corrected chi connectivity index (χ2v) is 12.7. The molecule has 2 saturated heterocycles. The van der Waals surface area contributed by atoms with E-state index in [1.54, 1.807) is 28.7 Å². The number of aryl methyl sites for hydroxylation is 1. The zero-order valence-corrected chi connectivity index (χ0v) is 28.4. The molecule has 22 heteroatoms. The number of hydrogen-bond acceptors (Lipinski definition) is 19. The van der Waals surface area contributed by atoms with Gasteiger partial charge < -0.3 is 75.0 Å². The van der Waals surface area contributed by atoms with E-state index in [2.05, 4.69) is 30.6 Å². The van der Waals surface area contributed by atoms with Gasteiger partial charge in [-0.25, -0.2) is 19.7 Å². The number of carbonyl (C=O) groups is 1. The summed E-state index contributed by atoms with van der Waals surface area (Å²) in [4.78, 5) is 24.6. The molecule has 0 aliphatic carbocycles. The molecule has 10 N–H and O–H groups in total. The third-order valence-electron chi connectivity index (χ3n) is 8.72. The van der Waals surface area contributed by atoms with E-state index >= 15 is 0 Å². The summed E-state index contributed by atoms with van der Waals surface area (Å²) in [7, 11) is 0. The summed E-state index contributed by atoms with van der Waals surface area (Å²) in [5.41, 5.74) is 7.39. The number of hydrogen-bond donors (Lipinski definition) is 9. The van der Waals surface area contributed by atoms with Crippen molar-refractivity contribution in [1.82, 2.24) is 39.8 Å². The van der Waals surface area contributed by atoms with Crippen molar-refractivity contribution >= 4 is 23.1 Å². The topological polar surface area (TPSA) is 317 Å². The van der Waals surface area contributed by atoms with Crippen LogP contribution in [0, 0.1) is 0 Å². The Hall–Kier alpha value is -3.68. The fraction of sp³-hybridized carbons (Fsp3) is 0.733. The number of alkyl carbamates (subject to hydrolysis) is 1. The van der Waals surface area contributed by atoms with Crippen molar-refractivity contribution in [2.45, 2.75) is 120 Å². The largest absolute Gasteiger partial charge is 0.445 e. The Morgan fingerprint density at radius 2 is 1.67 bits per heavy atom. The minimum atomic E-state index is -1.75. The number of aromatic nitrogens is 7. The molecule has 3 aromatic rings. The van der Waals surface area contributed by atoms with Crippen molar-refractivity contribution in [3.8, 4) is 0 Å². The molecule has 2 aliphatic heterocycles. The molecule has 290 valence electrons. The predicted octanol–water partition coefficient (Wildman–Crippen LogP) is -3.48. The van der Waals surface area contributed by atoms with Crippen molar-refractivity contribution in [2.75, 3.05) is 25.6 Å². The Morgan fingerprint density at radius 1 is 0.942 bits per heavy atom. The molecule has 0 aromatic carbocycles. The average molecular weight is 742 g/mol. The normalized spacial score (nSPS) is 30.0. The van der Waals surface area contributed by atoms with Gasteiger partial charge in [0.15, 0.2) is 24.0 Å². The smallest absolute Gasteiger partial charge is 0.407 e. The lowest BCUT2D eigenvalue weighted by atomic mass is 9.97. The number of nitrogens with zero attached hydrogens (tertiary/aromatic N) is 7. The lowest BCUT2D eigenvalue weighted by Gasteiger charge is -2.45. The average Bonchev–Trinajstić information content (AvgIpc) is 3.77. The van der Waals surface area contributed by atoms with E-state index in [-0.39, 0.29) is 19.0 Å². The first-order chi connectivity index (χ1) is 25.0. The molecule has 0 spiro atoms. The second kappa shape index (κ2) is 18.4. The highest BCUT2D eigenvalue weighted by Gasteiger charge is 2.50. The van der Waals surface area contributed by atoms with Crippen molar-refractivity contribution in [1.29, 1.82) is 0 Å². The number of ether oxygens (including phenoxy) is 5. The fourth-order valence-electron chi connectivity index (χ4n) is 5.88. The van der Waals surface area contributed by atoms with Crippen molar-refractivity contribution in [2.24, 2.45) is 0 Å². The van der Waals surface area contributed by atoms with Gasteiger partial charge in [-0.15, -0.1) is 5.10 Å². The van der Waals surface area contributed by atoms with Crippen LogP contribution in [0.2, 0.25) is 0 Å². The van der Waals surface area contributed by atoms with Crippen LogP contribution in [0.15, 0.2) is 18.9 Å². The van der Waals surface area contributed by atoms with E-state index in [1.807, 2.05) is 0 Å². The number of fused-ring (bicyclic) bond motifs is 1. The summed E-state index contributed by atoms with van der Waals surface area (Å²) in [6, 6.07) is 0. The standard InChI is InChI=1S/C30H47N9O13/c1-15(9-38-14-35-19-26(31)33-13-34-27(19)38)49-30(47)32-8-16-10-39(37-36-16)6-4-2-3-5-7-48-28-24(46)22(44)25(18(12-41)51-28)52-29-23(45)21(43)20(42)17(11-40)50-29/h10,13-15,17-18,20-25,28-29,40-46H,2-9,11-12H2,1H3,(H,32,47)(H2,31,33,34)/t15-,17?,18?,20+,21+,22-,23?,24?,25-,28-,29+/m1/s1. The summed E-state index contributed by atoms with van der Waals surface area (Å²) in [6.07, 6.45) is -8.52. The number of unbranched alkanes of at least 4 members (excludes halogenated alkanes) is 3. The summed E-state index contributed by atoms with van der Waals surface area (Å²) in [5.74, 6) is 0.269. The first-order valence-corrected chi connectivity index (χ1v) is 17.0. The number of aliphatic hydroxyl groups is 7. The summed E-state index contributed by atoms with van der Waals surface area (Å²) < 4.78 is 30.9. The van der Waals surface area contributed by atoms with Crippen LogP contribution in [0.5, 0.6) is 0 Å². The third kappa shape index (κ3) is 9.64. The van der Waals surface area contributed by atoms with Crippen molar-refractivity contribution in [3.05, 3.63) is 24.5 Å². The number of carbonyl (C=O) groups excluding carboxylic acids is 1. The van der Waals surface area contributed by atoms with Gasteiger partial charge in [0.25, 0.3) is 0 Å². The minimum Gasteiger partial charge on any atom is -0.445 e. The number of nitrogen functional groups attached to an aromatic ring is 1. The van der Waals surface area contributed by atoms with Crippen LogP contribution >= 0.6 is 0 Å². The lowest BCUT2D eigenvalue weighted by molar-refractivity contribution is -0.359. The Bertz CT molecular complexity index is 1560. The predicted molar refractivity (Wildman–Crippen MR) is 173 cm³/mol. The molecular formula is C30H47N9O13. The SMILES string of the molecule is C[C@H](Cn1cnc2c(N)ncnc21)OC(=O)NCc1cn(CCCCCCO[C@@H]2OC(CO)[C@@H](O[C@@H]3OC(CO)[C@H](O)[C@H](O)C3O)[C@H](O)C2O)nn1. The highest BCUT2D eigenvalue weighted by molar-refractivity contribution is 5.81. The van der Waals surface area contributed by atoms with Crippen LogP contribution in [0.25, 0.3) is 11.2 Å². The van der Waals surface area contributed by atoms with E-state index in [4.69, 9.17) is 29.4 Å².